The second-order valence-corrected chi connectivity index (χ2v) is 13.5. The molecule has 6 nitrogen and oxygen atoms in total. The summed E-state index contributed by atoms with van der Waals surface area (Å²) < 4.78 is 13.9. The van der Waals surface area contributed by atoms with Gasteiger partial charge >= 0.3 is 6.09 Å². The fourth-order valence-electron chi connectivity index (χ4n) is 5.61. The zero-order chi connectivity index (χ0) is 33.2. The molecule has 0 N–H and O–H groups in total. The van der Waals surface area contributed by atoms with Crippen LogP contribution in [-0.2, 0) is 30.4 Å². The Labute approximate surface area is 301 Å². The predicted molar refractivity (Wildman–Crippen MR) is 186 cm³/mol. The minimum absolute atomic E-state index is 0. The van der Waals surface area contributed by atoms with Gasteiger partial charge in [-0.3, -0.25) is 4.79 Å². The van der Waals surface area contributed by atoms with Crippen molar-refractivity contribution in [3.8, 4) is 5.75 Å². The molecule has 0 saturated heterocycles. The Morgan fingerprint density at radius 1 is 0.766 bits per heavy atom. The molecule has 0 spiro atoms. The Kier molecular flexibility index (Phi) is 18.7. The molecule has 0 fully saturated rings. The van der Waals surface area contributed by atoms with Gasteiger partial charge in [-0.15, -0.1) is 0 Å². The molecule has 3 rings (SSSR count). The Balaban J connectivity index is 0.00000768. The molecule has 0 unspecified atom stereocenters. The molecule has 0 saturated carbocycles. The second kappa shape index (κ2) is 21.8. The maximum atomic E-state index is 13.4. The molecule has 0 bridgehead atoms. The molecule has 2 aromatic carbocycles. The van der Waals surface area contributed by atoms with E-state index in [0.29, 0.717) is 12.2 Å². The van der Waals surface area contributed by atoms with Crippen molar-refractivity contribution in [1.82, 2.24) is 4.90 Å². The van der Waals surface area contributed by atoms with Crippen LogP contribution in [0.25, 0.3) is 0 Å². The Bertz CT molecular complexity index is 1340. The summed E-state index contributed by atoms with van der Waals surface area (Å²) in [6.07, 6.45) is 18.9. The Morgan fingerprint density at radius 2 is 1.38 bits per heavy atom. The van der Waals surface area contributed by atoms with E-state index in [0.717, 1.165) is 28.9 Å². The van der Waals surface area contributed by atoms with Crippen molar-refractivity contribution in [2.75, 3.05) is 6.61 Å². The number of carbonyl (C=O) groups is 2. The van der Waals surface area contributed by atoms with Gasteiger partial charge in [-0.05, 0) is 53.3 Å². The molecule has 0 atom stereocenters. The van der Waals surface area contributed by atoms with Crippen molar-refractivity contribution >= 4 is 12.0 Å². The van der Waals surface area contributed by atoms with Crippen LogP contribution in [0, 0.1) is 0 Å². The highest BCUT2D eigenvalue weighted by molar-refractivity contribution is 6.02. The normalized spacial score (nSPS) is 11.1. The number of ether oxygens (including phenoxy) is 2. The number of rotatable bonds is 19. The smallest absolute Gasteiger partial charge is 0.417 e. The molecule has 47 heavy (non-hydrogen) atoms. The molecule has 0 radical (unpaired) electrons. The maximum absolute atomic E-state index is 13.4. The SMILES string of the molecule is CCCCCCCCCCCCCCOc1ccc(COC(=O)N(Cc2ccc[n+](C)c2)C(=O)c2ccccc2)cc1C(C)(C)C.[I-]. The molecule has 258 valence electrons. The van der Waals surface area contributed by atoms with Crippen LogP contribution in [0.2, 0.25) is 0 Å². The number of unbranched alkanes of at least 4 members (excludes halogenated alkanes) is 11. The lowest BCUT2D eigenvalue weighted by molar-refractivity contribution is -0.672. The third-order valence-electron chi connectivity index (χ3n) is 8.30. The Hall–Kier alpha value is -2.94. The second-order valence-electron chi connectivity index (χ2n) is 13.5. The summed E-state index contributed by atoms with van der Waals surface area (Å²) in [5.74, 6) is 0.484. The monoisotopic (exact) mass is 756 g/mol. The number of benzene rings is 2. The fraction of sp³-hybridized carbons (Fsp3) is 0.525. The van der Waals surface area contributed by atoms with Crippen molar-refractivity contribution < 1.29 is 47.6 Å². The molecule has 1 aromatic heterocycles. The number of amides is 2. The van der Waals surface area contributed by atoms with Gasteiger partial charge in [0.2, 0.25) is 0 Å². The zero-order valence-corrected chi connectivity index (χ0v) is 31.6. The summed E-state index contributed by atoms with van der Waals surface area (Å²) in [5, 5.41) is 0. The molecule has 0 aliphatic rings. The number of hydrogen-bond donors (Lipinski definition) is 0. The first-order valence-corrected chi connectivity index (χ1v) is 17.4. The summed E-state index contributed by atoms with van der Waals surface area (Å²) >= 11 is 0. The Morgan fingerprint density at radius 3 is 1.98 bits per heavy atom. The summed E-state index contributed by atoms with van der Waals surface area (Å²) in [5.41, 5.74) is 3.05. The predicted octanol–water partition coefficient (Wildman–Crippen LogP) is 6.87. The molecule has 0 aliphatic heterocycles. The maximum Gasteiger partial charge on any atom is 0.417 e. The van der Waals surface area contributed by atoms with Crippen molar-refractivity contribution in [1.29, 1.82) is 0 Å². The first-order valence-electron chi connectivity index (χ1n) is 17.4. The quantitative estimate of drug-likeness (QED) is 0.0762. The van der Waals surface area contributed by atoms with E-state index in [9.17, 15) is 9.59 Å². The van der Waals surface area contributed by atoms with Crippen LogP contribution < -0.4 is 33.3 Å². The lowest BCUT2D eigenvalue weighted by atomic mass is 9.85. The van der Waals surface area contributed by atoms with Crippen molar-refractivity contribution in [3.05, 3.63) is 95.3 Å². The highest BCUT2D eigenvalue weighted by Gasteiger charge is 2.26. The minimum Gasteiger partial charge on any atom is -1.00 e. The van der Waals surface area contributed by atoms with E-state index in [1.54, 1.807) is 24.3 Å². The van der Waals surface area contributed by atoms with Gasteiger partial charge in [0, 0.05) is 17.2 Å². The minimum atomic E-state index is -0.676. The van der Waals surface area contributed by atoms with E-state index >= 15 is 0 Å². The van der Waals surface area contributed by atoms with Gasteiger partial charge in [0.1, 0.15) is 19.4 Å². The van der Waals surface area contributed by atoms with E-state index in [2.05, 4.69) is 33.8 Å². The van der Waals surface area contributed by atoms with Crippen LogP contribution in [0.4, 0.5) is 4.79 Å². The van der Waals surface area contributed by atoms with Gasteiger partial charge < -0.3 is 33.5 Å². The lowest BCUT2D eigenvalue weighted by Crippen LogP contribution is -3.00. The van der Waals surface area contributed by atoms with Crippen LogP contribution in [0.3, 0.4) is 0 Å². The summed E-state index contributed by atoms with van der Waals surface area (Å²) in [7, 11) is 1.91. The highest BCUT2D eigenvalue weighted by Crippen LogP contribution is 2.33. The largest absolute Gasteiger partial charge is 1.00 e. The summed E-state index contributed by atoms with van der Waals surface area (Å²) in [6, 6.07) is 18.6. The first-order chi connectivity index (χ1) is 22.2. The van der Waals surface area contributed by atoms with Crippen LogP contribution >= 0.6 is 0 Å². The third kappa shape index (κ3) is 14.8. The number of hydrogen-bond acceptors (Lipinski definition) is 4. The fourth-order valence-corrected chi connectivity index (χ4v) is 5.61. The summed E-state index contributed by atoms with van der Waals surface area (Å²) in [4.78, 5) is 27.9. The van der Waals surface area contributed by atoms with Crippen molar-refractivity contribution in [3.63, 3.8) is 0 Å². The van der Waals surface area contributed by atoms with Crippen LogP contribution in [0.5, 0.6) is 5.75 Å². The van der Waals surface area contributed by atoms with E-state index in [1.165, 1.54) is 75.5 Å². The van der Waals surface area contributed by atoms with Gasteiger partial charge in [-0.2, -0.15) is 0 Å². The van der Waals surface area contributed by atoms with Gasteiger partial charge in [0.05, 0.1) is 13.2 Å². The highest BCUT2D eigenvalue weighted by atomic mass is 127. The first kappa shape index (κ1) is 40.2. The molecule has 7 heteroatoms. The van der Waals surface area contributed by atoms with E-state index in [1.807, 2.05) is 54.3 Å². The standard InChI is InChI=1S/C40H57N2O4.HI/c1-6-7-8-9-10-11-12-13-14-15-16-20-28-45-37-26-25-33(29-36(37)40(2,3)4)32-46-39(44)42(31-34-22-21-27-41(5)30-34)38(43)35-23-18-17-19-24-35;/h17-19,21-27,29-30H,6-16,20,28,31-32H2,1-5H3;1H/q+1;/p-1. The number of aryl methyl sites for hydroxylation is 1. The molecule has 0 aliphatic carbocycles. The van der Waals surface area contributed by atoms with Crippen molar-refractivity contribution in [2.24, 2.45) is 7.05 Å². The molecule has 3 aromatic rings. The van der Waals surface area contributed by atoms with E-state index < -0.39 is 12.0 Å². The zero-order valence-electron chi connectivity index (χ0n) is 29.4. The van der Waals surface area contributed by atoms with Gasteiger partial charge in [0.15, 0.2) is 12.4 Å². The number of imide groups is 1. The average molecular weight is 757 g/mol. The molecule has 1 heterocycles. The molecular weight excluding hydrogens is 699 g/mol. The molecule has 2 amide bonds. The average Bonchev–Trinajstić information content (AvgIpc) is 3.04. The summed E-state index contributed by atoms with van der Waals surface area (Å²) in [6.45, 7) is 9.62. The number of carbonyl (C=O) groups excluding carboxylic acids is 2. The van der Waals surface area contributed by atoms with E-state index in [4.69, 9.17) is 9.47 Å². The number of aromatic nitrogens is 1. The van der Waals surface area contributed by atoms with Gasteiger partial charge in [0.25, 0.3) is 5.91 Å². The third-order valence-corrected chi connectivity index (χ3v) is 8.30. The van der Waals surface area contributed by atoms with Crippen LogP contribution in [0.1, 0.15) is 132 Å². The topological polar surface area (TPSA) is 59.7 Å². The number of nitrogens with zero attached hydrogens (tertiary/aromatic N) is 2. The van der Waals surface area contributed by atoms with Gasteiger partial charge in [-0.25, -0.2) is 14.3 Å². The van der Waals surface area contributed by atoms with Crippen LogP contribution in [-0.4, -0.2) is 23.5 Å². The lowest BCUT2D eigenvalue weighted by Gasteiger charge is -2.24. The van der Waals surface area contributed by atoms with Crippen molar-refractivity contribution in [2.45, 2.75) is 123 Å². The molecular formula is C40H57IN2O4. The van der Waals surface area contributed by atoms with Gasteiger partial charge in [-0.1, -0.05) is 123 Å². The number of halogens is 1. The number of pyridine rings is 1. The van der Waals surface area contributed by atoms with Crippen LogP contribution in [0.15, 0.2) is 73.1 Å². The van der Waals surface area contributed by atoms with E-state index in [-0.39, 0.29) is 42.5 Å².